The van der Waals surface area contributed by atoms with Gasteiger partial charge < -0.3 is 0 Å². The van der Waals surface area contributed by atoms with E-state index in [2.05, 4.69) is 43.5 Å². The average molecular weight is 218 g/mol. The van der Waals surface area contributed by atoms with Gasteiger partial charge in [0.15, 0.2) is 0 Å². The third-order valence-electron chi connectivity index (χ3n) is 2.88. The molecule has 0 aromatic heterocycles. The molecule has 1 fully saturated rings. The van der Waals surface area contributed by atoms with Crippen molar-refractivity contribution >= 4 is 16.7 Å². The van der Waals surface area contributed by atoms with Crippen LogP contribution in [0.1, 0.15) is 30.9 Å². The molecule has 0 atom stereocenters. The van der Waals surface area contributed by atoms with E-state index in [-0.39, 0.29) is 0 Å². The summed E-state index contributed by atoms with van der Waals surface area (Å²) in [7, 11) is 0. The van der Waals surface area contributed by atoms with E-state index < -0.39 is 0 Å². The van der Waals surface area contributed by atoms with Crippen molar-refractivity contribution in [3.05, 3.63) is 41.5 Å². The Bertz CT molecular complexity index is 344. The molecule has 0 bridgehead atoms. The lowest BCUT2D eigenvalue weighted by Gasteiger charge is -2.05. The van der Waals surface area contributed by atoms with Gasteiger partial charge in [0.2, 0.25) is 0 Å². The molecule has 1 aliphatic carbocycles. The standard InChI is InChI=1S/C14H18S/c1-3-11-6-8-13(9-7-11)14(15-2)10-12-4-5-12/h6-10,12H,3-5H2,1-2H3/b14-10-. The van der Waals surface area contributed by atoms with Gasteiger partial charge >= 0.3 is 0 Å². The van der Waals surface area contributed by atoms with E-state index in [0.29, 0.717) is 0 Å². The maximum absolute atomic E-state index is 2.44. The number of thioether (sulfide) groups is 1. The molecule has 0 spiro atoms. The van der Waals surface area contributed by atoms with Gasteiger partial charge in [0.05, 0.1) is 0 Å². The third kappa shape index (κ3) is 2.88. The summed E-state index contributed by atoms with van der Waals surface area (Å²) >= 11 is 1.87. The van der Waals surface area contributed by atoms with Crippen LogP contribution < -0.4 is 0 Å². The zero-order valence-electron chi connectivity index (χ0n) is 9.49. The van der Waals surface area contributed by atoms with Gasteiger partial charge in [0.25, 0.3) is 0 Å². The third-order valence-corrected chi connectivity index (χ3v) is 3.69. The van der Waals surface area contributed by atoms with Gasteiger partial charge in [0.1, 0.15) is 0 Å². The van der Waals surface area contributed by atoms with Crippen molar-refractivity contribution in [2.45, 2.75) is 26.2 Å². The van der Waals surface area contributed by atoms with Crippen LogP contribution in [-0.2, 0) is 6.42 Å². The first-order chi connectivity index (χ1) is 7.33. The van der Waals surface area contributed by atoms with Crippen LogP contribution in [0.2, 0.25) is 0 Å². The molecule has 0 saturated heterocycles. The zero-order chi connectivity index (χ0) is 10.7. The van der Waals surface area contributed by atoms with Gasteiger partial charge in [-0.2, -0.15) is 0 Å². The predicted molar refractivity (Wildman–Crippen MR) is 70.0 cm³/mol. The zero-order valence-corrected chi connectivity index (χ0v) is 10.3. The molecule has 1 saturated carbocycles. The second-order valence-electron chi connectivity index (χ2n) is 4.12. The van der Waals surface area contributed by atoms with Crippen LogP contribution in [0.25, 0.3) is 4.91 Å². The molecule has 0 aliphatic heterocycles. The molecule has 0 nitrogen and oxygen atoms in total. The van der Waals surface area contributed by atoms with Gasteiger partial charge in [-0.1, -0.05) is 37.3 Å². The monoisotopic (exact) mass is 218 g/mol. The minimum absolute atomic E-state index is 0.860. The topological polar surface area (TPSA) is 0 Å². The number of hydrogen-bond acceptors (Lipinski definition) is 1. The number of hydrogen-bond donors (Lipinski definition) is 0. The molecule has 0 N–H and O–H groups in total. The predicted octanol–water partition coefficient (Wildman–Crippen LogP) is 4.36. The lowest BCUT2D eigenvalue weighted by Crippen LogP contribution is -1.83. The minimum Gasteiger partial charge on any atom is -0.129 e. The summed E-state index contributed by atoms with van der Waals surface area (Å²) < 4.78 is 0. The Labute approximate surface area is 96.8 Å². The van der Waals surface area contributed by atoms with E-state index in [9.17, 15) is 0 Å². The molecule has 0 unspecified atom stereocenters. The molecule has 15 heavy (non-hydrogen) atoms. The van der Waals surface area contributed by atoms with Crippen LogP contribution in [0.5, 0.6) is 0 Å². The highest BCUT2D eigenvalue weighted by molar-refractivity contribution is 8.07. The van der Waals surface area contributed by atoms with Crippen molar-refractivity contribution in [1.82, 2.24) is 0 Å². The molecule has 0 radical (unpaired) electrons. The van der Waals surface area contributed by atoms with Crippen LogP contribution >= 0.6 is 11.8 Å². The molecular weight excluding hydrogens is 200 g/mol. The first-order valence-electron chi connectivity index (χ1n) is 5.68. The molecule has 2 rings (SSSR count). The Morgan fingerprint density at radius 2 is 2.00 bits per heavy atom. The highest BCUT2D eigenvalue weighted by Crippen LogP contribution is 2.36. The highest BCUT2D eigenvalue weighted by Gasteiger charge is 2.19. The SMILES string of the molecule is CCc1ccc(/C(=C/C2CC2)SC)cc1. The first-order valence-corrected chi connectivity index (χ1v) is 6.91. The number of allylic oxidation sites excluding steroid dienone is 1. The van der Waals surface area contributed by atoms with Crippen molar-refractivity contribution in [2.24, 2.45) is 5.92 Å². The molecule has 0 heterocycles. The van der Waals surface area contributed by atoms with Gasteiger partial charge in [0, 0.05) is 4.91 Å². The van der Waals surface area contributed by atoms with Crippen LogP contribution in [0.3, 0.4) is 0 Å². The summed E-state index contributed by atoms with van der Waals surface area (Å²) in [5.41, 5.74) is 2.80. The summed E-state index contributed by atoms with van der Waals surface area (Å²) in [5, 5.41) is 0. The average Bonchev–Trinajstić information content (AvgIpc) is 3.10. The van der Waals surface area contributed by atoms with Crippen LogP contribution in [-0.4, -0.2) is 6.26 Å². The van der Waals surface area contributed by atoms with Crippen LogP contribution in [0.15, 0.2) is 30.3 Å². The summed E-state index contributed by atoms with van der Waals surface area (Å²) in [6, 6.07) is 8.99. The fraction of sp³-hybridized carbons (Fsp3) is 0.429. The van der Waals surface area contributed by atoms with Crippen molar-refractivity contribution in [3.63, 3.8) is 0 Å². The number of aryl methyl sites for hydroxylation is 1. The van der Waals surface area contributed by atoms with Crippen molar-refractivity contribution in [3.8, 4) is 0 Å². The fourth-order valence-corrected chi connectivity index (χ4v) is 2.36. The first kappa shape index (κ1) is 10.8. The Kier molecular flexibility index (Phi) is 3.53. The maximum atomic E-state index is 2.44. The Hall–Kier alpha value is -0.690. The van der Waals surface area contributed by atoms with Crippen LogP contribution in [0.4, 0.5) is 0 Å². The summed E-state index contributed by atoms with van der Waals surface area (Å²) in [6.45, 7) is 2.20. The summed E-state index contributed by atoms with van der Waals surface area (Å²) in [5.74, 6) is 0.860. The second-order valence-corrected chi connectivity index (χ2v) is 4.97. The summed E-state index contributed by atoms with van der Waals surface area (Å²) in [6.07, 6.45) is 8.50. The molecule has 1 heteroatoms. The normalized spacial score (nSPS) is 16.8. The molecule has 1 aromatic rings. The van der Waals surface area contributed by atoms with E-state index in [0.717, 1.165) is 12.3 Å². The lowest BCUT2D eigenvalue weighted by atomic mass is 10.1. The van der Waals surface area contributed by atoms with E-state index in [1.807, 2.05) is 11.8 Å². The minimum atomic E-state index is 0.860. The number of rotatable bonds is 4. The smallest absolute Gasteiger partial charge is 0.0104 e. The Balaban J connectivity index is 2.18. The molecule has 0 amide bonds. The van der Waals surface area contributed by atoms with Gasteiger partial charge in [-0.25, -0.2) is 0 Å². The van der Waals surface area contributed by atoms with Crippen molar-refractivity contribution in [1.29, 1.82) is 0 Å². The van der Waals surface area contributed by atoms with Crippen molar-refractivity contribution in [2.75, 3.05) is 6.26 Å². The molecular formula is C14H18S. The number of benzene rings is 1. The molecule has 80 valence electrons. The highest BCUT2D eigenvalue weighted by atomic mass is 32.2. The lowest BCUT2D eigenvalue weighted by molar-refractivity contribution is 1.13. The maximum Gasteiger partial charge on any atom is 0.0104 e. The fourth-order valence-electron chi connectivity index (χ4n) is 1.66. The van der Waals surface area contributed by atoms with E-state index >= 15 is 0 Å². The Morgan fingerprint density at radius 3 is 2.47 bits per heavy atom. The largest absolute Gasteiger partial charge is 0.129 e. The Morgan fingerprint density at radius 1 is 1.33 bits per heavy atom. The van der Waals surface area contributed by atoms with Crippen LogP contribution in [0, 0.1) is 5.92 Å². The van der Waals surface area contributed by atoms with E-state index in [4.69, 9.17) is 0 Å². The van der Waals surface area contributed by atoms with Gasteiger partial charge in [-0.15, -0.1) is 11.8 Å². The van der Waals surface area contributed by atoms with E-state index in [1.165, 1.54) is 28.9 Å². The molecule has 1 aromatic carbocycles. The molecule has 1 aliphatic rings. The van der Waals surface area contributed by atoms with Gasteiger partial charge in [-0.3, -0.25) is 0 Å². The quantitative estimate of drug-likeness (QED) is 0.723. The van der Waals surface area contributed by atoms with E-state index in [1.54, 1.807) is 0 Å². The summed E-state index contributed by atoms with van der Waals surface area (Å²) in [4.78, 5) is 1.44. The second kappa shape index (κ2) is 4.89. The van der Waals surface area contributed by atoms with Gasteiger partial charge in [-0.05, 0) is 42.6 Å². The van der Waals surface area contributed by atoms with Crippen molar-refractivity contribution < 1.29 is 0 Å².